The van der Waals surface area contributed by atoms with Gasteiger partial charge in [-0.3, -0.25) is 0 Å². The van der Waals surface area contributed by atoms with Crippen molar-refractivity contribution in [1.82, 2.24) is 5.32 Å². The zero-order valence-electron chi connectivity index (χ0n) is 17.6. The van der Waals surface area contributed by atoms with Crippen molar-refractivity contribution in [2.45, 2.75) is 45.4 Å². The van der Waals surface area contributed by atoms with Crippen LogP contribution in [-0.4, -0.2) is 23.7 Å². The van der Waals surface area contributed by atoms with E-state index in [0.717, 1.165) is 21.9 Å². The quantitative estimate of drug-likeness (QED) is 0.585. The van der Waals surface area contributed by atoms with Crippen LogP contribution < -0.4 is 5.32 Å². The standard InChI is InChI=1S/C25H27NO4/c1-25(2,3)30-24(28)26-22(23(27)29-17-18-10-5-4-6-11-18)16-20-14-9-13-19-12-7-8-15-21(19)20/h4-15,22H,16-17H2,1-3H3,(H,26,28)/t22-/m0/s1. The van der Waals surface area contributed by atoms with Crippen LogP contribution >= 0.6 is 0 Å². The van der Waals surface area contributed by atoms with Gasteiger partial charge in [0.2, 0.25) is 0 Å². The Bertz CT molecular complexity index is 1000. The topological polar surface area (TPSA) is 64.6 Å². The molecule has 5 heteroatoms. The van der Waals surface area contributed by atoms with E-state index >= 15 is 0 Å². The van der Waals surface area contributed by atoms with Crippen LogP contribution in [0.4, 0.5) is 4.79 Å². The fourth-order valence-electron chi connectivity index (χ4n) is 3.16. The Labute approximate surface area is 177 Å². The van der Waals surface area contributed by atoms with E-state index in [1.54, 1.807) is 20.8 Å². The Morgan fingerprint density at radius 2 is 1.57 bits per heavy atom. The average Bonchev–Trinajstić information content (AvgIpc) is 2.71. The third kappa shape index (κ3) is 6.08. The molecule has 1 N–H and O–H groups in total. The van der Waals surface area contributed by atoms with Crippen molar-refractivity contribution in [3.63, 3.8) is 0 Å². The van der Waals surface area contributed by atoms with Gasteiger partial charge in [0.05, 0.1) is 0 Å². The molecule has 0 radical (unpaired) electrons. The van der Waals surface area contributed by atoms with E-state index < -0.39 is 23.7 Å². The maximum Gasteiger partial charge on any atom is 0.408 e. The molecule has 0 fully saturated rings. The summed E-state index contributed by atoms with van der Waals surface area (Å²) >= 11 is 0. The fraction of sp³-hybridized carbons (Fsp3) is 0.280. The Balaban J connectivity index is 1.79. The highest BCUT2D eigenvalue weighted by Crippen LogP contribution is 2.20. The third-order valence-corrected chi connectivity index (χ3v) is 4.50. The van der Waals surface area contributed by atoms with Crippen LogP contribution in [0.15, 0.2) is 72.8 Å². The van der Waals surface area contributed by atoms with Crippen molar-refractivity contribution < 1.29 is 19.1 Å². The molecule has 0 aliphatic rings. The van der Waals surface area contributed by atoms with Gasteiger partial charge in [-0.1, -0.05) is 72.8 Å². The second-order valence-corrected chi connectivity index (χ2v) is 8.13. The Morgan fingerprint density at radius 1 is 0.900 bits per heavy atom. The minimum atomic E-state index is -0.866. The number of esters is 1. The van der Waals surface area contributed by atoms with E-state index in [2.05, 4.69) is 5.32 Å². The SMILES string of the molecule is CC(C)(C)OC(=O)N[C@@H](Cc1cccc2ccccc12)C(=O)OCc1ccccc1. The summed E-state index contributed by atoms with van der Waals surface area (Å²) in [7, 11) is 0. The van der Waals surface area contributed by atoms with E-state index in [9.17, 15) is 9.59 Å². The molecule has 1 atom stereocenters. The maximum atomic E-state index is 12.9. The number of benzene rings is 3. The monoisotopic (exact) mass is 405 g/mol. The second kappa shape index (κ2) is 9.44. The van der Waals surface area contributed by atoms with Crippen molar-refractivity contribution in [3.8, 4) is 0 Å². The highest BCUT2D eigenvalue weighted by molar-refractivity contribution is 5.87. The van der Waals surface area contributed by atoms with Crippen molar-refractivity contribution in [2.24, 2.45) is 0 Å². The van der Waals surface area contributed by atoms with Crippen LogP contribution in [-0.2, 0) is 27.3 Å². The summed E-state index contributed by atoms with van der Waals surface area (Å²) in [6.07, 6.45) is -0.349. The lowest BCUT2D eigenvalue weighted by atomic mass is 9.99. The van der Waals surface area contributed by atoms with Gasteiger partial charge in [-0.2, -0.15) is 0 Å². The first-order valence-corrected chi connectivity index (χ1v) is 9.98. The summed E-state index contributed by atoms with van der Waals surface area (Å²) in [4.78, 5) is 25.2. The predicted molar refractivity (Wildman–Crippen MR) is 117 cm³/mol. The molecule has 0 unspecified atom stereocenters. The number of nitrogens with one attached hydrogen (secondary N) is 1. The lowest BCUT2D eigenvalue weighted by Crippen LogP contribution is -2.45. The first-order chi connectivity index (χ1) is 14.3. The van der Waals surface area contributed by atoms with E-state index in [-0.39, 0.29) is 6.61 Å². The molecule has 156 valence electrons. The molecule has 3 rings (SSSR count). The molecule has 0 heterocycles. The Kier molecular flexibility index (Phi) is 6.72. The van der Waals surface area contributed by atoms with Crippen LogP contribution in [0.25, 0.3) is 10.8 Å². The maximum absolute atomic E-state index is 12.9. The molecular weight excluding hydrogens is 378 g/mol. The number of hydrogen-bond donors (Lipinski definition) is 1. The van der Waals surface area contributed by atoms with E-state index in [0.29, 0.717) is 6.42 Å². The first kappa shape index (κ1) is 21.4. The van der Waals surface area contributed by atoms with Gasteiger partial charge in [-0.15, -0.1) is 0 Å². The van der Waals surface area contributed by atoms with Crippen LogP contribution in [0, 0.1) is 0 Å². The van der Waals surface area contributed by atoms with Crippen molar-refractivity contribution in [3.05, 3.63) is 83.9 Å². The number of fused-ring (bicyclic) bond motifs is 1. The molecule has 0 saturated carbocycles. The largest absolute Gasteiger partial charge is 0.459 e. The minimum Gasteiger partial charge on any atom is -0.459 e. The van der Waals surface area contributed by atoms with Gasteiger partial charge < -0.3 is 14.8 Å². The smallest absolute Gasteiger partial charge is 0.408 e. The van der Waals surface area contributed by atoms with Gasteiger partial charge in [0.1, 0.15) is 18.2 Å². The highest BCUT2D eigenvalue weighted by atomic mass is 16.6. The molecule has 3 aromatic carbocycles. The van der Waals surface area contributed by atoms with Crippen LogP contribution in [0.1, 0.15) is 31.9 Å². The lowest BCUT2D eigenvalue weighted by Gasteiger charge is -2.23. The van der Waals surface area contributed by atoms with Gasteiger partial charge >= 0.3 is 12.1 Å². The minimum absolute atomic E-state index is 0.141. The molecule has 0 aliphatic carbocycles. The van der Waals surface area contributed by atoms with Gasteiger partial charge in [-0.25, -0.2) is 9.59 Å². The van der Waals surface area contributed by atoms with Crippen molar-refractivity contribution in [1.29, 1.82) is 0 Å². The second-order valence-electron chi connectivity index (χ2n) is 8.13. The highest BCUT2D eigenvalue weighted by Gasteiger charge is 2.26. The van der Waals surface area contributed by atoms with Crippen LogP contribution in [0.3, 0.4) is 0 Å². The van der Waals surface area contributed by atoms with Gasteiger partial charge in [0.15, 0.2) is 0 Å². The summed E-state index contributed by atoms with van der Waals surface area (Å²) in [6, 6.07) is 22.4. The molecule has 30 heavy (non-hydrogen) atoms. The number of ether oxygens (including phenoxy) is 2. The molecule has 0 saturated heterocycles. The Morgan fingerprint density at radius 3 is 2.30 bits per heavy atom. The zero-order valence-corrected chi connectivity index (χ0v) is 17.6. The van der Waals surface area contributed by atoms with Gasteiger partial charge in [-0.05, 0) is 42.7 Å². The summed E-state index contributed by atoms with van der Waals surface area (Å²) in [5.74, 6) is -0.502. The first-order valence-electron chi connectivity index (χ1n) is 9.98. The fourth-order valence-corrected chi connectivity index (χ4v) is 3.16. The number of rotatable bonds is 6. The van der Waals surface area contributed by atoms with Crippen LogP contribution in [0.2, 0.25) is 0 Å². The number of carbonyl (C=O) groups is 2. The molecule has 5 nitrogen and oxygen atoms in total. The summed E-state index contributed by atoms with van der Waals surface area (Å²) in [5, 5.41) is 4.79. The molecule has 0 aliphatic heterocycles. The summed E-state index contributed by atoms with van der Waals surface area (Å²) < 4.78 is 10.8. The van der Waals surface area contributed by atoms with E-state index in [1.807, 2.05) is 72.8 Å². The number of alkyl carbamates (subject to hydrolysis) is 1. The van der Waals surface area contributed by atoms with Crippen molar-refractivity contribution in [2.75, 3.05) is 0 Å². The number of amides is 1. The molecular formula is C25H27NO4. The summed E-state index contributed by atoms with van der Waals surface area (Å²) in [6.45, 7) is 5.47. The number of hydrogen-bond acceptors (Lipinski definition) is 4. The lowest BCUT2D eigenvalue weighted by molar-refractivity contribution is -0.147. The molecule has 0 bridgehead atoms. The number of carbonyl (C=O) groups excluding carboxylic acids is 2. The molecule has 3 aromatic rings. The van der Waals surface area contributed by atoms with Gasteiger partial charge in [0, 0.05) is 6.42 Å². The van der Waals surface area contributed by atoms with Crippen LogP contribution in [0.5, 0.6) is 0 Å². The average molecular weight is 405 g/mol. The van der Waals surface area contributed by atoms with E-state index in [1.165, 1.54) is 0 Å². The normalized spacial score (nSPS) is 12.2. The summed E-state index contributed by atoms with van der Waals surface area (Å²) in [5.41, 5.74) is 1.17. The zero-order chi connectivity index (χ0) is 21.6. The van der Waals surface area contributed by atoms with Crippen molar-refractivity contribution >= 4 is 22.8 Å². The van der Waals surface area contributed by atoms with E-state index in [4.69, 9.17) is 9.47 Å². The third-order valence-electron chi connectivity index (χ3n) is 4.50. The predicted octanol–water partition coefficient (Wildman–Crippen LogP) is 5.02. The molecule has 1 amide bonds. The Hall–Kier alpha value is -3.34. The van der Waals surface area contributed by atoms with Gasteiger partial charge in [0.25, 0.3) is 0 Å². The molecule has 0 aromatic heterocycles. The molecule has 0 spiro atoms.